The first-order chi connectivity index (χ1) is 10.8. The average molecular weight is 425 g/mol. The van der Waals surface area contributed by atoms with Crippen molar-refractivity contribution in [2.45, 2.75) is 11.9 Å². The Morgan fingerprint density at radius 1 is 1.04 bits per heavy atom. The molecule has 2 unspecified atom stereocenters. The molecule has 6 heteroatoms. The van der Waals surface area contributed by atoms with Crippen LogP contribution in [0.3, 0.4) is 0 Å². The third kappa shape index (κ3) is 3.92. The van der Waals surface area contributed by atoms with Gasteiger partial charge in [0.1, 0.15) is 8.07 Å². The third-order valence-electron chi connectivity index (χ3n) is 3.93. The lowest BCUT2D eigenvalue weighted by molar-refractivity contribution is 1.14. The second-order valence-electron chi connectivity index (χ2n) is 5.50. The molecule has 0 fully saturated rings. The maximum atomic E-state index is 6.57. The lowest BCUT2D eigenvalue weighted by atomic mass is 10.0. The van der Waals surface area contributed by atoms with E-state index in [-0.39, 0.29) is 0 Å². The molecule has 0 radical (unpaired) electrons. The second kappa shape index (κ2) is 7.82. The molecule has 2 aromatic rings. The van der Waals surface area contributed by atoms with Gasteiger partial charge in [0.2, 0.25) is 0 Å². The highest BCUT2D eigenvalue weighted by atomic mass is 35.5. The summed E-state index contributed by atoms with van der Waals surface area (Å²) in [6.45, 7) is 6.10. The summed E-state index contributed by atoms with van der Waals surface area (Å²) in [6, 6.07) is 11.6. The van der Waals surface area contributed by atoms with Gasteiger partial charge in [-0.25, -0.2) is 0 Å². The summed E-state index contributed by atoms with van der Waals surface area (Å²) in [5, 5.41) is 1.93. The lowest BCUT2D eigenvalue weighted by Gasteiger charge is -2.21. The average Bonchev–Trinajstić information content (AvgIpc) is 2.58. The van der Waals surface area contributed by atoms with E-state index in [0.717, 1.165) is 11.1 Å². The first-order valence-electron chi connectivity index (χ1n) is 6.91. The van der Waals surface area contributed by atoms with Crippen LogP contribution in [0.15, 0.2) is 48.7 Å². The highest BCUT2D eigenvalue weighted by molar-refractivity contribution is 6.98. The summed E-state index contributed by atoms with van der Waals surface area (Å²) >= 11 is 31.0. The molecule has 0 bridgehead atoms. The predicted octanol–water partition coefficient (Wildman–Crippen LogP) is 6.76. The zero-order valence-corrected chi connectivity index (χ0v) is 17.2. The standard InChI is InChI=1S/C17H15Cl5Si/c1-3-23(2,10-18)12-6-4-11(5-7-12)15(20)13-8-9-14(19)17(22)16(13)21/h3-9,15H,1,10H2,2H3. The Morgan fingerprint density at radius 3 is 2.17 bits per heavy atom. The monoisotopic (exact) mass is 422 g/mol. The fourth-order valence-electron chi connectivity index (χ4n) is 2.20. The first kappa shape index (κ1) is 19.2. The summed E-state index contributed by atoms with van der Waals surface area (Å²) in [7, 11) is -1.82. The van der Waals surface area contributed by atoms with Gasteiger partial charge in [0.25, 0.3) is 0 Å². The van der Waals surface area contributed by atoms with Gasteiger partial charge in [-0.3, -0.25) is 0 Å². The molecule has 0 aliphatic carbocycles. The molecule has 0 nitrogen and oxygen atoms in total. The molecule has 0 saturated heterocycles. The molecule has 0 heterocycles. The molecule has 0 aromatic heterocycles. The normalized spacial score (nSPS) is 15.0. The van der Waals surface area contributed by atoms with Crippen molar-refractivity contribution < 1.29 is 0 Å². The summed E-state index contributed by atoms with van der Waals surface area (Å²) < 4.78 is 0. The van der Waals surface area contributed by atoms with Gasteiger partial charge in [-0.05, 0) is 17.2 Å². The minimum absolute atomic E-state index is 0.321. The molecule has 23 heavy (non-hydrogen) atoms. The fraction of sp³-hybridized carbons (Fsp3) is 0.176. The van der Waals surface area contributed by atoms with Crippen molar-refractivity contribution in [2.75, 3.05) is 5.50 Å². The molecule has 0 amide bonds. The largest absolute Gasteiger partial charge is 0.129 e. The first-order valence-corrected chi connectivity index (χ1v) is 11.8. The maximum Gasteiger partial charge on any atom is 0.121 e. The van der Waals surface area contributed by atoms with Crippen molar-refractivity contribution in [2.24, 2.45) is 0 Å². The van der Waals surface area contributed by atoms with Crippen LogP contribution >= 0.6 is 58.0 Å². The fourth-order valence-corrected chi connectivity index (χ4v) is 5.45. The van der Waals surface area contributed by atoms with Gasteiger partial charge in [-0.2, -0.15) is 0 Å². The van der Waals surface area contributed by atoms with Crippen molar-refractivity contribution in [1.29, 1.82) is 0 Å². The number of hydrogen-bond acceptors (Lipinski definition) is 0. The van der Waals surface area contributed by atoms with E-state index >= 15 is 0 Å². The predicted molar refractivity (Wildman–Crippen MR) is 108 cm³/mol. The van der Waals surface area contributed by atoms with E-state index in [1.165, 1.54) is 5.19 Å². The van der Waals surface area contributed by atoms with Gasteiger partial charge in [0.15, 0.2) is 0 Å². The van der Waals surface area contributed by atoms with Gasteiger partial charge in [-0.15, -0.1) is 29.8 Å². The molecular formula is C17H15Cl5Si. The Morgan fingerprint density at radius 2 is 1.65 bits per heavy atom. The Balaban J connectivity index is 2.36. The lowest BCUT2D eigenvalue weighted by Crippen LogP contribution is -2.45. The second-order valence-corrected chi connectivity index (χ2v) is 12.0. The van der Waals surface area contributed by atoms with Gasteiger partial charge in [0.05, 0.1) is 20.4 Å². The summed E-state index contributed by atoms with van der Waals surface area (Å²) in [5.41, 5.74) is 4.25. The minimum Gasteiger partial charge on any atom is -0.129 e. The van der Waals surface area contributed by atoms with Crippen LogP contribution in [-0.4, -0.2) is 13.6 Å². The molecule has 2 rings (SSSR count). The maximum absolute atomic E-state index is 6.57. The number of hydrogen-bond donors (Lipinski definition) is 0. The zero-order chi connectivity index (χ0) is 17.2. The van der Waals surface area contributed by atoms with E-state index in [1.54, 1.807) is 12.1 Å². The van der Waals surface area contributed by atoms with Gasteiger partial charge >= 0.3 is 0 Å². The van der Waals surface area contributed by atoms with Crippen molar-refractivity contribution in [3.8, 4) is 0 Å². The molecule has 0 aliphatic heterocycles. The quantitative estimate of drug-likeness (QED) is 0.282. The SMILES string of the molecule is C=C[Si](C)(CCl)c1ccc(C(Cl)c2ccc(Cl)c(Cl)c2Cl)cc1. The number of halogens is 5. The van der Waals surface area contributed by atoms with Crippen LogP contribution in [0.1, 0.15) is 16.5 Å². The molecule has 122 valence electrons. The minimum atomic E-state index is -1.82. The Kier molecular flexibility index (Phi) is 6.52. The van der Waals surface area contributed by atoms with Crippen molar-refractivity contribution in [3.63, 3.8) is 0 Å². The molecule has 0 aliphatic rings. The highest BCUT2D eigenvalue weighted by Crippen LogP contribution is 2.40. The summed E-state index contributed by atoms with van der Waals surface area (Å²) in [4.78, 5) is 0. The smallest absolute Gasteiger partial charge is 0.121 e. The third-order valence-corrected chi connectivity index (χ3v) is 10.5. The van der Waals surface area contributed by atoms with Crippen LogP contribution in [0.2, 0.25) is 21.6 Å². The topological polar surface area (TPSA) is 0 Å². The van der Waals surface area contributed by atoms with Crippen molar-refractivity contribution in [3.05, 3.63) is 74.9 Å². The molecule has 2 atom stereocenters. The van der Waals surface area contributed by atoms with Crippen LogP contribution in [0.4, 0.5) is 0 Å². The van der Waals surface area contributed by atoms with Crippen LogP contribution in [-0.2, 0) is 0 Å². The van der Waals surface area contributed by atoms with Crippen LogP contribution in [0.5, 0.6) is 0 Å². The van der Waals surface area contributed by atoms with Gasteiger partial charge in [-0.1, -0.05) is 82.6 Å². The van der Waals surface area contributed by atoms with E-state index < -0.39 is 13.5 Å². The van der Waals surface area contributed by atoms with Gasteiger partial charge < -0.3 is 0 Å². The number of benzene rings is 2. The number of rotatable bonds is 5. The van der Waals surface area contributed by atoms with Crippen LogP contribution in [0.25, 0.3) is 0 Å². The van der Waals surface area contributed by atoms with E-state index in [4.69, 9.17) is 58.0 Å². The number of alkyl halides is 2. The van der Waals surface area contributed by atoms with Crippen molar-refractivity contribution in [1.82, 2.24) is 0 Å². The van der Waals surface area contributed by atoms with Crippen molar-refractivity contribution >= 4 is 71.3 Å². The van der Waals surface area contributed by atoms with E-state index in [0.29, 0.717) is 20.6 Å². The Labute approximate surface area is 163 Å². The van der Waals surface area contributed by atoms with E-state index in [9.17, 15) is 0 Å². The highest BCUT2D eigenvalue weighted by Gasteiger charge is 2.25. The zero-order valence-electron chi connectivity index (χ0n) is 12.4. The van der Waals surface area contributed by atoms with Gasteiger partial charge in [0, 0.05) is 5.50 Å². The van der Waals surface area contributed by atoms with E-state index in [2.05, 4.69) is 25.3 Å². The molecule has 0 saturated carbocycles. The summed E-state index contributed by atoms with van der Waals surface area (Å²) in [6.07, 6.45) is 0. The van der Waals surface area contributed by atoms with Crippen LogP contribution in [0, 0.1) is 0 Å². The Hall–Kier alpha value is -0.153. The molecular weight excluding hydrogens is 410 g/mol. The molecule has 0 N–H and O–H groups in total. The molecule has 2 aromatic carbocycles. The van der Waals surface area contributed by atoms with E-state index in [1.807, 2.05) is 17.8 Å². The Bertz CT molecular complexity index is 714. The summed E-state index contributed by atoms with van der Waals surface area (Å²) in [5.74, 6) is 0. The van der Waals surface area contributed by atoms with Crippen LogP contribution < -0.4 is 5.19 Å². The molecule has 0 spiro atoms.